The summed E-state index contributed by atoms with van der Waals surface area (Å²) in [5.74, 6) is 0.727. The van der Waals surface area contributed by atoms with Crippen LogP contribution in [0.15, 0.2) is 0 Å². The van der Waals surface area contributed by atoms with E-state index in [1.807, 2.05) is 18.4 Å². The Hall–Kier alpha value is -0.450. The predicted octanol–water partition coefficient (Wildman–Crippen LogP) is 3.23. The zero-order valence-corrected chi connectivity index (χ0v) is 12.1. The maximum absolute atomic E-state index is 5.93. The van der Waals surface area contributed by atoms with E-state index in [2.05, 4.69) is 12.2 Å². The molecule has 0 aliphatic heterocycles. The molecule has 1 aromatic heterocycles. The number of nitrogens with one attached hydrogen (secondary N) is 1. The van der Waals surface area contributed by atoms with Crippen molar-refractivity contribution in [2.24, 2.45) is 5.92 Å². The Morgan fingerprint density at radius 1 is 1.44 bits per heavy atom. The summed E-state index contributed by atoms with van der Waals surface area (Å²) >= 11 is 1.89. The van der Waals surface area contributed by atoms with E-state index in [0.29, 0.717) is 6.04 Å². The fraction of sp³-hybridized carbons (Fsp3) is 0.786. The number of aromatic nitrogens is 1. The minimum atomic E-state index is 0.267. The van der Waals surface area contributed by atoms with Gasteiger partial charge in [-0.2, -0.15) is 0 Å². The number of ether oxygens (including phenoxy) is 1. The average Bonchev–Trinajstić information content (AvgIpc) is 3.13. The topological polar surface area (TPSA) is 34.1 Å². The van der Waals surface area contributed by atoms with Crippen LogP contribution in [0.5, 0.6) is 0 Å². The quantitative estimate of drug-likeness (QED) is 0.888. The average molecular weight is 266 g/mol. The Bertz CT molecular complexity index is 414. The molecule has 2 unspecified atom stereocenters. The summed E-state index contributed by atoms with van der Waals surface area (Å²) in [4.78, 5) is 6.40. The summed E-state index contributed by atoms with van der Waals surface area (Å²) in [6.45, 7) is 2.88. The highest BCUT2D eigenvalue weighted by atomic mass is 32.1. The SMILES string of the molecule is CCOC(c1nc2c(s1)CCCC2NC)C1CC1. The van der Waals surface area contributed by atoms with E-state index in [1.165, 1.54) is 47.7 Å². The lowest BCUT2D eigenvalue weighted by Crippen LogP contribution is -2.21. The van der Waals surface area contributed by atoms with E-state index in [0.717, 1.165) is 12.5 Å². The molecule has 3 nitrogen and oxygen atoms in total. The van der Waals surface area contributed by atoms with Gasteiger partial charge < -0.3 is 10.1 Å². The van der Waals surface area contributed by atoms with Gasteiger partial charge in [0.25, 0.3) is 0 Å². The molecule has 1 fully saturated rings. The standard InChI is InChI=1S/C14H22N2OS/c1-3-17-13(9-7-8-9)14-16-12-10(15-2)5-4-6-11(12)18-14/h9-10,13,15H,3-8H2,1-2H3. The maximum atomic E-state index is 5.93. The fourth-order valence-electron chi connectivity index (χ4n) is 2.83. The number of hydrogen-bond donors (Lipinski definition) is 1. The summed E-state index contributed by atoms with van der Waals surface area (Å²) in [6, 6.07) is 0.459. The lowest BCUT2D eigenvalue weighted by Gasteiger charge is -2.20. The zero-order valence-electron chi connectivity index (χ0n) is 11.2. The maximum Gasteiger partial charge on any atom is 0.122 e. The Labute approximate surface area is 113 Å². The van der Waals surface area contributed by atoms with Crippen LogP contribution in [0.2, 0.25) is 0 Å². The van der Waals surface area contributed by atoms with Gasteiger partial charge in [-0.05, 0) is 52.0 Å². The molecule has 100 valence electrons. The smallest absolute Gasteiger partial charge is 0.122 e. The second-order valence-electron chi connectivity index (χ2n) is 5.31. The molecule has 2 aliphatic carbocycles. The first-order valence-corrected chi connectivity index (χ1v) is 7.93. The minimum absolute atomic E-state index is 0.267. The molecule has 0 aromatic carbocycles. The Kier molecular flexibility index (Phi) is 3.68. The van der Waals surface area contributed by atoms with Gasteiger partial charge in [-0.15, -0.1) is 11.3 Å². The molecule has 0 radical (unpaired) electrons. The van der Waals surface area contributed by atoms with Crippen molar-refractivity contribution in [3.8, 4) is 0 Å². The van der Waals surface area contributed by atoms with Gasteiger partial charge in [-0.3, -0.25) is 0 Å². The van der Waals surface area contributed by atoms with Crippen molar-refractivity contribution in [1.82, 2.24) is 10.3 Å². The summed E-state index contributed by atoms with van der Waals surface area (Å²) in [7, 11) is 2.04. The summed E-state index contributed by atoms with van der Waals surface area (Å²) in [6.07, 6.45) is 6.59. The molecule has 0 saturated heterocycles. The van der Waals surface area contributed by atoms with Crippen molar-refractivity contribution >= 4 is 11.3 Å². The lowest BCUT2D eigenvalue weighted by atomic mass is 9.98. The minimum Gasteiger partial charge on any atom is -0.371 e. The third-order valence-electron chi connectivity index (χ3n) is 3.96. The first kappa shape index (κ1) is 12.6. The molecule has 1 aromatic rings. The van der Waals surface area contributed by atoms with Crippen LogP contribution >= 0.6 is 11.3 Å². The normalized spacial score (nSPS) is 24.9. The number of rotatable bonds is 5. The first-order chi connectivity index (χ1) is 8.83. The predicted molar refractivity (Wildman–Crippen MR) is 73.9 cm³/mol. The van der Waals surface area contributed by atoms with E-state index < -0.39 is 0 Å². The Morgan fingerprint density at radius 2 is 2.28 bits per heavy atom. The van der Waals surface area contributed by atoms with Gasteiger partial charge in [0, 0.05) is 11.5 Å². The highest BCUT2D eigenvalue weighted by Gasteiger charge is 2.36. The van der Waals surface area contributed by atoms with Crippen LogP contribution in [-0.2, 0) is 11.2 Å². The van der Waals surface area contributed by atoms with Crippen LogP contribution in [0, 0.1) is 5.92 Å². The zero-order chi connectivity index (χ0) is 12.5. The first-order valence-electron chi connectivity index (χ1n) is 7.11. The van der Waals surface area contributed by atoms with Crippen molar-refractivity contribution in [3.05, 3.63) is 15.6 Å². The molecule has 3 rings (SSSR count). The molecule has 18 heavy (non-hydrogen) atoms. The van der Waals surface area contributed by atoms with E-state index in [9.17, 15) is 0 Å². The summed E-state index contributed by atoms with van der Waals surface area (Å²) < 4.78 is 5.93. The number of fused-ring (bicyclic) bond motifs is 1. The van der Waals surface area contributed by atoms with Gasteiger partial charge in [0.15, 0.2) is 0 Å². The van der Waals surface area contributed by atoms with Crippen LogP contribution in [-0.4, -0.2) is 18.6 Å². The van der Waals surface area contributed by atoms with Gasteiger partial charge in [-0.25, -0.2) is 4.98 Å². The molecule has 1 heterocycles. The Balaban J connectivity index is 1.86. The molecule has 0 spiro atoms. The number of thiazole rings is 1. The molecular weight excluding hydrogens is 244 g/mol. The van der Waals surface area contributed by atoms with Crippen LogP contribution < -0.4 is 5.32 Å². The van der Waals surface area contributed by atoms with E-state index in [1.54, 1.807) is 0 Å². The van der Waals surface area contributed by atoms with Gasteiger partial charge in [0.1, 0.15) is 11.1 Å². The van der Waals surface area contributed by atoms with Crippen molar-refractivity contribution in [2.75, 3.05) is 13.7 Å². The van der Waals surface area contributed by atoms with E-state index >= 15 is 0 Å². The second-order valence-corrected chi connectivity index (χ2v) is 6.42. The second kappa shape index (κ2) is 5.27. The summed E-state index contributed by atoms with van der Waals surface area (Å²) in [5.41, 5.74) is 1.30. The number of hydrogen-bond acceptors (Lipinski definition) is 4. The van der Waals surface area contributed by atoms with Gasteiger partial charge in [0.2, 0.25) is 0 Å². The van der Waals surface area contributed by atoms with Crippen LogP contribution in [0.3, 0.4) is 0 Å². The molecular formula is C14H22N2OS. The molecule has 1 saturated carbocycles. The van der Waals surface area contributed by atoms with E-state index in [4.69, 9.17) is 9.72 Å². The number of nitrogens with zero attached hydrogens (tertiary/aromatic N) is 1. The molecule has 4 heteroatoms. The monoisotopic (exact) mass is 266 g/mol. The third kappa shape index (κ3) is 2.33. The van der Waals surface area contributed by atoms with Crippen LogP contribution in [0.1, 0.15) is 60.3 Å². The highest BCUT2D eigenvalue weighted by Crippen LogP contribution is 2.46. The Morgan fingerprint density at radius 3 is 2.94 bits per heavy atom. The van der Waals surface area contributed by atoms with Gasteiger partial charge in [0.05, 0.1) is 11.7 Å². The molecule has 2 aliphatic rings. The fourth-order valence-corrected chi connectivity index (χ4v) is 4.14. The van der Waals surface area contributed by atoms with Crippen molar-refractivity contribution in [2.45, 2.75) is 51.2 Å². The number of aryl methyl sites for hydroxylation is 1. The molecule has 2 atom stereocenters. The van der Waals surface area contributed by atoms with Crippen LogP contribution in [0.25, 0.3) is 0 Å². The van der Waals surface area contributed by atoms with Crippen molar-refractivity contribution in [3.63, 3.8) is 0 Å². The molecule has 0 bridgehead atoms. The third-order valence-corrected chi connectivity index (χ3v) is 5.15. The molecule has 0 amide bonds. The van der Waals surface area contributed by atoms with Crippen molar-refractivity contribution < 1.29 is 4.74 Å². The van der Waals surface area contributed by atoms with E-state index in [-0.39, 0.29) is 6.10 Å². The molecule has 1 N–H and O–H groups in total. The van der Waals surface area contributed by atoms with Crippen LogP contribution in [0.4, 0.5) is 0 Å². The highest BCUT2D eigenvalue weighted by molar-refractivity contribution is 7.11. The van der Waals surface area contributed by atoms with Crippen molar-refractivity contribution in [1.29, 1.82) is 0 Å². The van der Waals surface area contributed by atoms with Gasteiger partial charge in [-0.1, -0.05) is 0 Å². The largest absolute Gasteiger partial charge is 0.371 e. The van der Waals surface area contributed by atoms with Gasteiger partial charge >= 0.3 is 0 Å². The lowest BCUT2D eigenvalue weighted by molar-refractivity contribution is 0.0460. The summed E-state index contributed by atoms with van der Waals surface area (Å²) in [5, 5.41) is 4.62.